The minimum Gasteiger partial charge on any atom is -0.247 e. The molecular weight excluding hydrogens is 397 g/mol. The van der Waals surface area contributed by atoms with Gasteiger partial charge in [0.25, 0.3) is 0 Å². The highest BCUT2D eigenvalue weighted by Gasteiger charge is 2.17. The van der Waals surface area contributed by atoms with Crippen molar-refractivity contribution in [3.63, 3.8) is 0 Å². The molecule has 1 unspecified atom stereocenters. The standard InChI is InChI=1S/C26H37F3N2/c1-3-5-7-9-10-12-20-18-30-26(31-19-20)23-17-15-21(24(28)25(23)29)14-16-22(27)13-11-8-6-4-2/h15,17-19,22H,3-14,16H2,1-2H3. The zero-order valence-corrected chi connectivity index (χ0v) is 19.1. The Morgan fingerprint density at radius 1 is 0.742 bits per heavy atom. The number of hydrogen-bond donors (Lipinski definition) is 0. The van der Waals surface area contributed by atoms with Crippen molar-refractivity contribution >= 4 is 0 Å². The Bertz CT molecular complexity index is 762. The van der Waals surface area contributed by atoms with Gasteiger partial charge in [-0.05, 0) is 49.3 Å². The van der Waals surface area contributed by atoms with E-state index in [1.54, 1.807) is 12.4 Å². The molecule has 0 aliphatic heterocycles. The van der Waals surface area contributed by atoms with Crippen LogP contribution in [0.4, 0.5) is 13.2 Å². The second-order valence-electron chi connectivity index (χ2n) is 8.46. The molecule has 0 fully saturated rings. The maximum absolute atomic E-state index is 14.6. The van der Waals surface area contributed by atoms with Gasteiger partial charge in [-0.2, -0.15) is 0 Å². The Kier molecular flexibility index (Phi) is 11.6. The van der Waals surface area contributed by atoms with Gasteiger partial charge in [-0.25, -0.2) is 23.1 Å². The second kappa shape index (κ2) is 14.2. The average Bonchev–Trinajstić information content (AvgIpc) is 2.78. The molecule has 1 aromatic carbocycles. The van der Waals surface area contributed by atoms with Crippen molar-refractivity contribution in [2.24, 2.45) is 0 Å². The topological polar surface area (TPSA) is 25.8 Å². The zero-order valence-electron chi connectivity index (χ0n) is 19.1. The molecule has 1 aromatic heterocycles. The molecule has 0 aliphatic carbocycles. The number of hydrogen-bond acceptors (Lipinski definition) is 2. The third-order valence-corrected chi connectivity index (χ3v) is 5.78. The van der Waals surface area contributed by atoms with E-state index in [1.807, 2.05) is 0 Å². The summed E-state index contributed by atoms with van der Waals surface area (Å²) < 4.78 is 43.2. The highest BCUT2D eigenvalue weighted by atomic mass is 19.2. The lowest BCUT2D eigenvalue weighted by atomic mass is 10.0. The summed E-state index contributed by atoms with van der Waals surface area (Å²) in [6, 6.07) is 3.03. The van der Waals surface area contributed by atoms with Crippen LogP contribution in [0.3, 0.4) is 0 Å². The Labute approximate surface area is 185 Å². The highest BCUT2D eigenvalue weighted by molar-refractivity contribution is 5.56. The maximum Gasteiger partial charge on any atom is 0.170 e. The Morgan fingerprint density at radius 2 is 1.39 bits per heavy atom. The van der Waals surface area contributed by atoms with Crippen LogP contribution in [0.5, 0.6) is 0 Å². The van der Waals surface area contributed by atoms with E-state index in [4.69, 9.17) is 0 Å². The molecular formula is C26H37F3N2. The first-order chi connectivity index (χ1) is 15.1. The summed E-state index contributed by atoms with van der Waals surface area (Å²) in [6.07, 6.45) is 14.2. The summed E-state index contributed by atoms with van der Waals surface area (Å²) in [6.45, 7) is 4.30. The molecule has 1 atom stereocenters. The van der Waals surface area contributed by atoms with Crippen molar-refractivity contribution in [3.8, 4) is 11.4 Å². The van der Waals surface area contributed by atoms with Gasteiger partial charge in [0.1, 0.15) is 6.17 Å². The lowest BCUT2D eigenvalue weighted by molar-refractivity contribution is 0.286. The molecule has 0 aliphatic rings. The predicted octanol–water partition coefficient (Wildman–Crippen LogP) is 8.18. The van der Waals surface area contributed by atoms with Crippen molar-refractivity contribution in [1.82, 2.24) is 9.97 Å². The smallest absolute Gasteiger partial charge is 0.170 e. The van der Waals surface area contributed by atoms with Crippen LogP contribution in [0.25, 0.3) is 11.4 Å². The van der Waals surface area contributed by atoms with Crippen LogP contribution in [0, 0.1) is 11.6 Å². The summed E-state index contributed by atoms with van der Waals surface area (Å²) in [5.41, 5.74) is 1.26. The molecule has 2 nitrogen and oxygen atoms in total. The summed E-state index contributed by atoms with van der Waals surface area (Å²) in [4.78, 5) is 8.48. The molecule has 2 aromatic rings. The largest absolute Gasteiger partial charge is 0.247 e. The van der Waals surface area contributed by atoms with Gasteiger partial charge >= 0.3 is 0 Å². The number of aromatic nitrogens is 2. The number of unbranched alkanes of at least 4 members (excludes halogenated alkanes) is 7. The van der Waals surface area contributed by atoms with Gasteiger partial charge in [0.05, 0.1) is 5.56 Å². The van der Waals surface area contributed by atoms with E-state index in [2.05, 4.69) is 23.8 Å². The Balaban J connectivity index is 1.91. The van der Waals surface area contributed by atoms with E-state index in [1.165, 1.54) is 37.8 Å². The highest BCUT2D eigenvalue weighted by Crippen LogP contribution is 2.25. The summed E-state index contributed by atoms with van der Waals surface area (Å²) in [5, 5.41) is 0. The fourth-order valence-electron chi connectivity index (χ4n) is 3.76. The fourth-order valence-corrected chi connectivity index (χ4v) is 3.76. The first kappa shape index (κ1) is 25.4. The molecule has 172 valence electrons. The lowest BCUT2D eigenvalue weighted by Gasteiger charge is -2.11. The first-order valence-corrected chi connectivity index (χ1v) is 12.0. The molecule has 0 saturated carbocycles. The molecule has 5 heteroatoms. The van der Waals surface area contributed by atoms with E-state index in [-0.39, 0.29) is 29.8 Å². The third kappa shape index (κ3) is 8.62. The zero-order chi connectivity index (χ0) is 22.5. The van der Waals surface area contributed by atoms with E-state index in [0.717, 1.165) is 44.1 Å². The van der Waals surface area contributed by atoms with Crippen LogP contribution in [-0.2, 0) is 12.8 Å². The van der Waals surface area contributed by atoms with Crippen LogP contribution in [0.2, 0.25) is 0 Å². The summed E-state index contributed by atoms with van der Waals surface area (Å²) in [5.74, 6) is -1.69. The number of benzene rings is 1. The van der Waals surface area contributed by atoms with E-state index >= 15 is 0 Å². The van der Waals surface area contributed by atoms with Crippen molar-refractivity contribution in [1.29, 1.82) is 0 Å². The second-order valence-corrected chi connectivity index (χ2v) is 8.46. The van der Waals surface area contributed by atoms with Crippen molar-refractivity contribution in [2.75, 3.05) is 0 Å². The quantitative estimate of drug-likeness (QED) is 0.264. The fraction of sp³-hybridized carbons (Fsp3) is 0.615. The van der Waals surface area contributed by atoms with Crippen LogP contribution in [0.15, 0.2) is 24.5 Å². The van der Waals surface area contributed by atoms with Crippen molar-refractivity contribution in [3.05, 3.63) is 47.3 Å². The predicted molar refractivity (Wildman–Crippen MR) is 122 cm³/mol. The molecule has 0 saturated heterocycles. The summed E-state index contributed by atoms with van der Waals surface area (Å²) >= 11 is 0. The number of alkyl halides is 1. The van der Waals surface area contributed by atoms with Crippen LogP contribution >= 0.6 is 0 Å². The molecule has 0 bridgehead atoms. The molecule has 0 radical (unpaired) electrons. The van der Waals surface area contributed by atoms with Crippen molar-refractivity contribution < 1.29 is 13.2 Å². The van der Waals surface area contributed by atoms with Crippen LogP contribution in [-0.4, -0.2) is 16.1 Å². The third-order valence-electron chi connectivity index (χ3n) is 5.78. The average molecular weight is 435 g/mol. The number of aryl methyl sites for hydroxylation is 2. The van der Waals surface area contributed by atoms with E-state index < -0.39 is 17.8 Å². The van der Waals surface area contributed by atoms with Crippen LogP contribution < -0.4 is 0 Å². The molecule has 0 amide bonds. The van der Waals surface area contributed by atoms with Gasteiger partial charge in [-0.1, -0.05) is 71.3 Å². The van der Waals surface area contributed by atoms with Gasteiger partial charge in [0.15, 0.2) is 17.5 Å². The first-order valence-electron chi connectivity index (χ1n) is 12.0. The Morgan fingerprint density at radius 3 is 2.06 bits per heavy atom. The number of rotatable bonds is 15. The van der Waals surface area contributed by atoms with E-state index in [0.29, 0.717) is 6.42 Å². The number of halogens is 3. The van der Waals surface area contributed by atoms with Crippen molar-refractivity contribution in [2.45, 2.75) is 103 Å². The van der Waals surface area contributed by atoms with Gasteiger partial charge in [-0.3, -0.25) is 0 Å². The van der Waals surface area contributed by atoms with E-state index in [9.17, 15) is 13.2 Å². The molecule has 0 spiro atoms. The van der Waals surface area contributed by atoms with Gasteiger partial charge in [0.2, 0.25) is 0 Å². The minimum absolute atomic E-state index is 0.0482. The monoisotopic (exact) mass is 434 g/mol. The maximum atomic E-state index is 14.6. The van der Waals surface area contributed by atoms with Gasteiger partial charge in [0, 0.05) is 12.4 Å². The number of nitrogens with zero attached hydrogens (tertiary/aromatic N) is 2. The normalized spacial score (nSPS) is 12.3. The summed E-state index contributed by atoms with van der Waals surface area (Å²) in [7, 11) is 0. The van der Waals surface area contributed by atoms with Crippen LogP contribution in [0.1, 0.15) is 95.6 Å². The minimum atomic E-state index is -0.975. The van der Waals surface area contributed by atoms with Gasteiger partial charge < -0.3 is 0 Å². The molecule has 31 heavy (non-hydrogen) atoms. The molecule has 0 N–H and O–H groups in total. The lowest BCUT2D eigenvalue weighted by Crippen LogP contribution is -2.05. The molecule has 1 heterocycles. The molecule has 2 rings (SSSR count). The Hall–Kier alpha value is -1.91. The SMILES string of the molecule is CCCCCCCc1cnc(-c2ccc(CCC(F)CCCCCC)c(F)c2F)nc1. The van der Waals surface area contributed by atoms with Gasteiger partial charge in [-0.15, -0.1) is 0 Å².